The number of rotatable bonds is 8. The summed E-state index contributed by atoms with van der Waals surface area (Å²) in [5, 5.41) is 0. The van der Waals surface area contributed by atoms with Crippen molar-refractivity contribution in [2.24, 2.45) is 0 Å². The van der Waals surface area contributed by atoms with Crippen molar-refractivity contribution in [1.82, 2.24) is 13.5 Å². The molecular weight excluding hydrogens is 402 g/mol. The Morgan fingerprint density at radius 1 is 1.07 bits per heavy atom. The van der Waals surface area contributed by atoms with Crippen molar-refractivity contribution in [3.8, 4) is 0 Å². The van der Waals surface area contributed by atoms with Gasteiger partial charge in [-0.15, -0.1) is 0 Å². The largest absolute Gasteiger partial charge is 0.379 e. The van der Waals surface area contributed by atoms with E-state index in [1.807, 2.05) is 31.2 Å². The molecule has 2 aliphatic rings. The van der Waals surface area contributed by atoms with Gasteiger partial charge in [-0.3, -0.25) is 4.90 Å². The third-order valence-electron chi connectivity index (χ3n) is 5.27. The fourth-order valence-electron chi connectivity index (χ4n) is 3.50. The summed E-state index contributed by atoms with van der Waals surface area (Å²) in [5.41, 5.74) is 1.82. The highest BCUT2D eigenvalue weighted by Gasteiger charge is 2.41. The molecule has 1 aromatic carbocycles. The first-order valence-electron chi connectivity index (χ1n) is 9.45. The molecule has 0 atom stereocenters. The van der Waals surface area contributed by atoms with Gasteiger partial charge in [0.2, 0.25) is 20.0 Å². The molecule has 2 heterocycles. The summed E-state index contributed by atoms with van der Waals surface area (Å²) in [6.45, 7) is 6.28. The van der Waals surface area contributed by atoms with Crippen LogP contribution in [0.4, 0.5) is 0 Å². The van der Waals surface area contributed by atoms with E-state index in [9.17, 15) is 16.8 Å². The Bertz CT molecular complexity index is 859. The maximum atomic E-state index is 12.6. The van der Waals surface area contributed by atoms with Gasteiger partial charge in [0, 0.05) is 39.3 Å². The van der Waals surface area contributed by atoms with Crippen molar-refractivity contribution in [2.45, 2.75) is 18.7 Å². The zero-order valence-electron chi connectivity index (χ0n) is 16.5. The van der Waals surface area contributed by atoms with Crippen molar-refractivity contribution >= 4 is 20.0 Å². The van der Waals surface area contributed by atoms with E-state index >= 15 is 0 Å². The Hall–Kier alpha value is -1.04. The molecule has 158 valence electrons. The molecule has 0 amide bonds. The summed E-state index contributed by atoms with van der Waals surface area (Å²) < 4.78 is 57.9. The Morgan fingerprint density at radius 3 is 2.25 bits per heavy atom. The minimum Gasteiger partial charge on any atom is -0.379 e. The number of hydrogen-bond acceptors (Lipinski definition) is 6. The molecule has 3 rings (SSSR count). The highest BCUT2D eigenvalue weighted by molar-refractivity contribution is 7.88. The molecule has 0 N–H and O–H groups in total. The van der Waals surface area contributed by atoms with Gasteiger partial charge in [-0.05, 0) is 12.5 Å². The molecule has 0 aromatic heterocycles. The second-order valence-electron chi connectivity index (χ2n) is 7.54. The number of nitrogens with zero attached hydrogens (tertiary/aromatic N) is 3. The molecule has 0 unspecified atom stereocenters. The summed E-state index contributed by atoms with van der Waals surface area (Å²) in [7, 11) is -6.86. The summed E-state index contributed by atoms with van der Waals surface area (Å²) in [6, 6.07) is 7.11. The van der Waals surface area contributed by atoms with Crippen LogP contribution in [0.5, 0.6) is 0 Å². The fourth-order valence-corrected chi connectivity index (χ4v) is 6.18. The van der Waals surface area contributed by atoms with E-state index in [1.54, 1.807) is 0 Å². The normalized spacial score (nSPS) is 20.4. The van der Waals surface area contributed by atoms with Crippen LogP contribution in [-0.2, 0) is 30.5 Å². The van der Waals surface area contributed by atoms with E-state index in [-0.39, 0.29) is 24.9 Å². The molecule has 0 radical (unpaired) electrons. The lowest BCUT2D eigenvalue weighted by atomic mass is 10.2. The lowest BCUT2D eigenvalue weighted by Crippen LogP contribution is -2.63. The van der Waals surface area contributed by atoms with Crippen molar-refractivity contribution in [2.75, 3.05) is 58.7 Å². The Labute approximate surface area is 168 Å². The quantitative estimate of drug-likeness (QED) is 0.580. The second-order valence-corrected chi connectivity index (χ2v) is 11.4. The van der Waals surface area contributed by atoms with Crippen LogP contribution in [0.1, 0.15) is 11.1 Å². The Morgan fingerprint density at radius 2 is 1.68 bits per heavy atom. The molecule has 2 aliphatic heterocycles. The average Bonchev–Trinajstić information content (AvgIpc) is 2.58. The average molecular weight is 432 g/mol. The molecule has 2 fully saturated rings. The molecule has 10 heteroatoms. The van der Waals surface area contributed by atoms with Crippen molar-refractivity contribution in [1.29, 1.82) is 0 Å². The monoisotopic (exact) mass is 431 g/mol. The molecule has 0 bridgehead atoms. The molecule has 1 aromatic rings. The zero-order chi connectivity index (χ0) is 20.4. The van der Waals surface area contributed by atoms with Crippen LogP contribution in [0.2, 0.25) is 0 Å². The summed E-state index contributed by atoms with van der Waals surface area (Å²) >= 11 is 0. The number of benzene rings is 1. The van der Waals surface area contributed by atoms with Gasteiger partial charge in [0.05, 0.1) is 31.3 Å². The molecule has 0 aliphatic carbocycles. The van der Waals surface area contributed by atoms with E-state index in [0.717, 1.165) is 24.2 Å². The lowest BCUT2D eigenvalue weighted by molar-refractivity contribution is 0.0330. The highest BCUT2D eigenvalue weighted by Crippen LogP contribution is 2.23. The van der Waals surface area contributed by atoms with E-state index in [0.29, 0.717) is 26.3 Å². The zero-order valence-corrected chi connectivity index (χ0v) is 18.1. The second kappa shape index (κ2) is 8.76. The number of morpholine rings is 1. The van der Waals surface area contributed by atoms with Gasteiger partial charge < -0.3 is 4.74 Å². The van der Waals surface area contributed by atoms with Gasteiger partial charge in [-0.2, -0.15) is 8.61 Å². The van der Waals surface area contributed by atoms with Gasteiger partial charge in [0.1, 0.15) is 0 Å². The van der Waals surface area contributed by atoms with Gasteiger partial charge in [-0.1, -0.05) is 29.8 Å². The van der Waals surface area contributed by atoms with Crippen LogP contribution in [-0.4, -0.2) is 95.1 Å². The molecular formula is C18H29N3O5S2. The van der Waals surface area contributed by atoms with Crippen LogP contribution in [0.25, 0.3) is 0 Å². The molecule has 28 heavy (non-hydrogen) atoms. The first-order valence-corrected chi connectivity index (χ1v) is 12.9. The Balaban J connectivity index is 1.57. The van der Waals surface area contributed by atoms with Crippen molar-refractivity contribution < 1.29 is 21.6 Å². The maximum Gasteiger partial charge on any atom is 0.218 e. The SMILES string of the molecule is Cc1ccc(CS(=O)(=O)N2CC(N(CCN3CCOCC3)S(C)(=O)=O)C2)cc1. The van der Waals surface area contributed by atoms with Gasteiger partial charge >= 0.3 is 0 Å². The highest BCUT2D eigenvalue weighted by atomic mass is 32.2. The third kappa shape index (κ3) is 5.52. The minimum atomic E-state index is -3.45. The number of ether oxygens (including phenoxy) is 1. The summed E-state index contributed by atoms with van der Waals surface area (Å²) in [6.07, 6.45) is 1.19. The summed E-state index contributed by atoms with van der Waals surface area (Å²) in [4.78, 5) is 2.17. The Kier molecular flexibility index (Phi) is 6.78. The number of hydrogen-bond donors (Lipinski definition) is 0. The van der Waals surface area contributed by atoms with Crippen LogP contribution in [0, 0.1) is 6.92 Å². The van der Waals surface area contributed by atoms with Crippen LogP contribution < -0.4 is 0 Å². The third-order valence-corrected chi connectivity index (χ3v) is 8.38. The summed E-state index contributed by atoms with van der Waals surface area (Å²) in [5.74, 6) is -0.0628. The van der Waals surface area contributed by atoms with Crippen molar-refractivity contribution in [3.63, 3.8) is 0 Å². The maximum absolute atomic E-state index is 12.6. The molecule has 0 spiro atoms. The van der Waals surface area contributed by atoms with E-state index in [1.165, 1.54) is 14.9 Å². The van der Waals surface area contributed by atoms with Gasteiger partial charge in [0.15, 0.2) is 0 Å². The standard InChI is InChI=1S/C18H29N3O5S2/c1-16-3-5-17(6-4-16)15-28(24,25)20-13-18(14-20)21(27(2,22)23)8-7-19-9-11-26-12-10-19/h3-6,18H,7-15H2,1-2H3. The first kappa shape index (κ1) is 21.7. The van der Waals surface area contributed by atoms with E-state index < -0.39 is 20.0 Å². The topological polar surface area (TPSA) is 87.2 Å². The number of sulfonamides is 2. The first-order chi connectivity index (χ1) is 13.1. The predicted octanol–water partition coefficient (Wildman–Crippen LogP) is 0.103. The molecule has 2 saturated heterocycles. The van der Waals surface area contributed by atoms with Crippen LogP contribution >= 0.6 is 0 Å². The number of aryl methyl sites for hydroxylation is 1. The van der Waals surface area contributed by atoms with E-state index in [2.05, 4.69) is 4.90 Å². The lowest BCUT2D eigenvalue weighted by Gasteiger charge is -2.43. The smallest absolute Gasteiger partial charge is 0.218 e. The minimum absolute atomic E-state index is 0.0628. The molecule has 8 nitrogen and oxygen atoms in total. The van der Waals surface area contributed by atoms with Crippen molar-refractivity contribution in [3.05, 3.63) is 35.4 Å². The molecule has 0 saturated carbocycles. The van der Waals surface area contributed by atoms with Gasteiger partial charge in [-0.25, -0.2) is 16.8 Å². The van der Waals surface area contributed by atoms with Gasteiger partial charge in [0.25, 0.3) is 0 Å². The van der Waals surface area contributed by atoms with Crippen LogP contribution in [0.15, 0.2) is 24.3 Å². The van der Waals surface area contributed by atoms with Crippen LogP contribution in [0.3, 0.4) is 0 Å². The fraction of sp³-hybridized carbons (Fsp3) is 0.667. The van der Waals surface area contributed by atoms with E-state index in [4.69, 9.17) is 4.74 Å². The predicted molar refractivity (Wildman–Crippen MR) is 108 cm³/mol.